The summed E-state index contributed by atoms with van der Waals surface area (Å²) in [5.41, 5.74) is 4.70. The van der Waals surface area contributed by atoms with Gasteiger partial charge in [0.1, 0.15) is 11.5 Å². The van der Waals surface area contributed by atoms with E-state index >= 15 is 0 Å². The van der Waals surface area contributed by atoms with Gasteiger partial charge in [-0.1, -0.05) is 100 Å². The van der Waals surface area contributed by atoms with E-state index in [-0.39, 0.29) is 34.9 Å². The summed E-state index contributed by atoms with van der Waals surface area (Å²) >= 11 is 0. The second-order valence-corrected chi connectivity index (χ2v) is 12.8. The van der Waals surface area contributed by atoms with Gasteiger partial charge in [-0.2, -0.15) is 0 Å². The van der Waals surface area contributed by atoms with Gasteiger partial charge in [-0.05, 0) is 61.5 Å². The topological polar surface area (TPSA) is 99.3 Å². The van der Waals surface area contributed by atoms with Crippen molar-refractivity contribution in [1.29, 1.82) is 0 Å². The Balaban J connectivity index is 1.35. The molecule has 0 heterocycles. The Morgan fingerprint density at radius 2 is 0.978 bits per heavy atom. The van der Waals surface area contributed by atoms with Gasteiger partial charge in [0.2, 0.25) is 0 Å². The number of aliphatic hydroxyl groups is 2. The van der Waals surface area contributed by atoms with Gasteiger partial charge in [0, 0.05) is 50.2 Å². The van der Waals surface area contributed by atoms with Gasteiger partial charge in [-0.15, -0.1) is 0 Å². The van der Waals surface area contributed by atoms with Gasteiger partial charge in [0.05, 0.1) is 11.1 Å². The summed E-state index contributed by atoms with van der Waals surface area (Å²) < 4.78 is 0. The van der Waals surface area contributed by atoms with Gasteiger partial charge < -0.3 is 10.2 Å². The first kappa shape index (κ1) is 35.1. The van der Waals surface area contributed by atoms with E-state index in [0.29, 0.717) is 62.8 Å². The molecule has 2 saturated carbocycles. The summed E-state index contributed by atoms with van der Waals surface area (Å²) in [5, 5.41) is 21.7. The highest BCUT2D eigenvalue weighted by Gasteiger charge is 2.33. The average Bonchev–Trinajstić information content (AvgIpc) is 3.07. The molecule has 6 nitrogen and oxygen atoms in total. The number of carbonyl (C=O) groups is 2. The lowest BCUT2D eigenvalue weighted by atomic mass is 9.78. The molecule has 2 aliphatic carbocycles. The number of hydrogen-bond acceptors (Lipinski definition) is 6. The molecule has 0 radical (unpaired) electrons. The molecule has 2 fully saturated rings. The Bertz CT molecular complexity index is 1310. The highest BCUT2D eigenvalue weighted by atomic mass is 16.3. The van der Waals surface area contributed by atoms with E-state index in [1.165, 1.54) is 0 Å². The second-order valence-electron chi connectivity index (χ2n) is 12.8. The maximum absolute atomic E-state index is 13.2. The van der Waals surface area contributed by atoms with E-state index in [0.717, 1.165) is 73.9 Å². The van der Waals surface area contributed by atoms with Crippen molar-refractivity contribution in [2.24, 2.45) is 9.98 Å². The molecule has 46 heavy (non-hydrogen) atoms. The highest BCUT2D eigenvalue weighted by molar-refractivity contribution is 6.25. The van der Waals surface area contributed by atoms with Gasteiger partial charge in [-0.3, -0.25) is 19.6 Å². The summed E-state index contributed by atoms with van der Waals surface area (Å²) in [6, 6.07) is 20.3. The van der Waals surface area contributed by atoms with Crippen molar-refractivity contribution in [3.8, 4) is 0 Å². The van der Waals surface area contributed by atoms with Crippen LogP contribution < -0.4 is 0 Å². The van der Waals surface area contributed by atoms with Crippen LogP contribution in [0.4, 0.5) is 0 Å². The summed E-state index contributed by atoms with van der Waals surface area (Å²) in [5.74, 6) is 0.556. The predicted molar refractivity (Wildman–Crippen MR) is 188 cm³/mol. The Hall–Kier alpha value is -3.80. The lowest BCUT2D eigenvalue weighted by Gasteiger charge is -2.26. The number of nitrogens with zero attached hydrogens (tertiary/aromatic N) is 2. The molecule has 0 aliphatic heterocycles. The van der Waals surface area contributed by atoms with Crippen molar-refractivity contribution in [2.75, 3.05) is 13.1 Å². The van der Waals surface area contributed by atoms with Crippen molar-refractivity contribution >= 4 is 23.0 Å². The predicted octanol–water partition coefficient (Wildman–Crippen LogP) is 9.73. The van der Waals surface area contributed by atoms with Crippen LogP contribution in [0.3, 0.4) is 0 Å². The zero-order valence-corrected chi connectivity index (χ0v) is 27.8. The fourth-order valence-electron chi connectivity index (χ4n) is 6.60. The number of benzene rings is 2. The number of allylic oxidation sites excluding steroid dienone is 4. The van der Waals surface area contributed by atoms with Crippen molar-refractivity contribution < 1.29 is 19.8 Å². The number of carbonyl (C=O) groups excluding carboxylic acids is 2. The van der Waals surface area contributed by atoms with Crippen LogP contribution in [0.1, 0.15) is 127 Å². The van der Waals surface area contributed by atoms with Crippen molar-refractivity contribution in [3.05, 3.63) is 94.5 Å². The minimum Gasteiger partial charge on any atom is -0.511 e. The monoisotopic (exact) mass is 624 g/mol. The van der Waals surface area contributed by atoms with E-state index < -0.39 is 0 Å². The number of Topliss-reactive ketones (excluding diaryl/α,β-unsaturated/α-hetero) is 2. The molecule has 6 heteroatoms. The third-order valence-electron chi connectivity index (χ3n) is 9.20. The molecule has 4 rings (SSSR count). The molecular weight excluding hydrogens is 572 g/mol. The molecule has 0 aromatic heterocycles. The molecule has 2 aromatic rings. The lowest BCUT2D eigenvalue weighted by molar-refractivity contribution is -0.116. The Morgan fingerprint density at radius 1 is 0.587 bits per heavy atom. The zero-order chi connectivity index (χ0) is 32.7. The van der Waals surface area contributed by atoms with Crippen molar-refractivity contribution in [3.63, 3.8) is 0 Å². The SMILES string of the molecule is CCCCC(O)=C1C(=O)C[C@@H](c2ccccc2)CC1=NCCCCCCN=C1C[C@H](c2ccccc2)CC(=O)C1=C(O)CCCC. The van der Waals surface area contributed by atoms with Crippen LogP contribution in [-0.2, 0) is 9.59 Å². The Labute approximate surface area is 275 Å². The quantitative estimate of drug-likeness (QED) is 0.117. The highest BCUT2D eigenvalue weighted by Crippen LogP contribution is 2.35. The first-order chi connectivity index (χ1) is 22.4. The zero-order valence-electron chi connectivity index (χ0n) is 27.8. The lowest BCUT2D eigenvalue weighted by Crippen LogP contribution is -2.27. The average molecular weight is 625 g/mol. The van der Waals surface area contributed by atoms with Crippen LogP contribution in [0, 0.1) is 0 Å². The minimum absolute atomic E-state index is 0.00332. The molecule has 2 aromatic carbocycles. The summed E-state index contributed by atoms with van der Waals surface area (Å²) in [4.78, 5) is 36.2. The molecular formula is C40H52N2O4. The third kappa shape index (κ3) is 9.85. The van der Waals surface area contributed by atoms with Crippen molar-refractivity contribution in [1.82, 2.24) is 0 Å². The van der Waals surface area contributed by atoms with Gasteiger partial charge in [0.25, 0.3) is 0 Å². The van der Waals surface area contributed by atoms with E-state index in [9.17, 15) is 19.8 Å². The molecule has 0 unspecified atom stereocenters. The fourth-order valence-corrected chi connectivity index (χ4v) is 6.60. The minimum atomic E-state index is -0.00332. The maximum atomic E-state index is 13.2. The number of ketones is 2. The summed E-state index contributed by atoms with van der Waals surface area (Å²) in [7, 11) is 0. The largest absolute Gasteiger partial charge is 0.511 e. The Kier molecular flexibility index (Phi) is 14.0. The van der Waals surface area contributed by atoms with E-state index in [4.69, 9.17) is 9.98 Å². The summed E-state index contributed by atoms with van der Waals surface area (Å²) in [6.45, 7) is 5.40. The molecule has 0 spiro atoms. The van der Waals surface area contributed by atoms with Crippen LogP contribution in [0.5, 0.6) is 0 Å². The number of aliphatic hydroxyl groups excluding tert-OH is 2. The fraction of sp³-hybridized carbons (Fsp3) is 0.500. The van der Waals surface area contributed by atoms with E-state index in [1.807, 2.05) is 36.4 Å². The van der Waals surface area contributed by atoms with Gasteiger partial charge >= 0.3 is 0 Å². The first-order valence-corrected chi connectivity index (χ1v) is 17.5. The van der Waals surface area contributed by atoms with E-state index in [1.54, 1.807) is 0 Å². The van der Waals surface area contributed by atoms with Crippen LogP contribution in [0.2, 0.25) is 0 Å². The normalized spacial score (nSPS) is 22.8. The third-order valence-corrected chi connectivity index (χ3v) is 9.20. The number of aliphatic imine (C=N–C) groups is 2. The maximum Gasteiger partial charge on any atom is 0.168 e. The molecule has 0 amide bonds. The smallest absolute Gasteiger partial charge is 0.168 e. The van der Waals surface area contributed by atoms with Crippen LogP contribution in [0.15, 0.2) is 93.3 Å². The number of rotatable bonds is 15. The molecule has 2 atom stereocenters. The van der Waals surface area contributed by atoms with Gasteiger partial charge in [-0.25, -0.2) is 0 Å². The standard InChI is InChI=1S/C40H52N2O4/c1-3-5-21-35(43)39-33(25-31(27-37(39)45)29-17-11-9-12-18-29)41-23-15-7-8-16-24-42-34-26-32(30-19-13-10-14-20-30)28-38(46)40(34)36(44)22-6-4-2/h9-14,17-20,31-32,43-44H,3-8,15-16,21-28H2,1-2H3/t31-,32-/m0/s1. The van der Waals surface area contributed by atoms with Crippen LogP contribution in [0.25, 0.3) is 0 Å². The van der Waals surface area contributed by atoms with Crippen LogP contribution >= 0.6 is 0 Å². The Morgan fingerprint density at radius 3 is 1.35 bits per heavy atom. The molecule has 2 aliphatic rings. The number of hydrogen-bond donors (Lipinski definition) is 2. The molecule has 0 bridgehead atoms. The second kappa shape index (κ2) is 18.4. The van der Waals surface area contributed by atoms with E-state index in [2.05, 4.69) is 38.1 Å². The molecule has 246 valence electrons. The molecule has 2 N–H and O–H groups in total. The first-order valence-electron chi connectivity index (χ1n) is 17.5. The number of unbranched alkanes of at least 4 members (excludes halogenated alkanes) is 5. The molecule has 0 saturated heterocycles. The van der Waals surface area contributed by atoms with Gasteiger partial charge in [0.15, 0.2) is 11.6 Å². The summed E-state index contributed by atoms with van der Waals surface area (Å²) in [6.07, 6.45) is 10.5. The van der Waals surface area contributed by atoms with Crippen LogP contribution in [-0.4, -0.2) is 46.3 Å². The van der Waals surface area contributed by atoms with Crippen molar-refractivity contribution in [2.45, 2.75) is 116 Å².